The van der Waals surface area contributed by atoms with Gasteiger partial charge in [-0.15, -0.1) is 11.3 Å². The number of carbonyl (C=O) groups excluding carboxylic acids is 2. The van der Waals surface area contributed by atoms with Crippen LogP contribution in [0.25, 0.3) is 0 Å². The van der Waals surface area contributed by atoms with Crippen molar-refractivity contribution in [2.45, 2.75) is 32.6 Å². The van der Waals surface area contributed by atoms with Crippen molar-refractivity contribution in [1.29, 1.82) is 0 Å². The fourth-order valence-corrected chi connectivity index (χ4v) is 3.39. The van der Waals surface area contributed by atoms with Crippen LogP contribution in [0.4, 0.5) is 9.80 Å². The highest BCUT2D eigenvalue weighted by Crippen LogP contribution is 2.28. The lowest BCUT2D eigenvalue weighted by Gasteiger charge is -2.07. The van der Waals surface area contributed by atoms with Crippen molar-refractivity contribution in [2.75, 3.05) is 18.4 Å². The number of thiophene rings is 1. The van der Waals surface area contributed by atoms with E-state index in [9.17, 15) is 14.4 Å². The molecule has 0 saturated carbocycles. The molecule has 1 fully saturated rings. The summed E-state index contributed by atoms with van der Waals surface area (Å²) in [5.74, 6) is -1.14. The largest absolute Gasteiger partial charge is 0.478 e. The molecule has 9 heteroatoms. The zero-order chi connectivity index (χ0) is 18.1. The van der Waals surface area contributed by atoms with E-state index in [1.54, 1.807) is 5.38 Å². The van der Waals surface area contributed by atoms with Gasteiger partial charge in [0.25, 0.3) is 0 Å². The summed E-state index contributed by atoms with van der Waals surface area (Å²) < 4.78 is 0. The molecule has 1 atom stereocenters. The van der Waals surface area contributed by atoms with E-state index >= 15 is 0 Å². The van der Waals surface area contributed by atoms with E-state index in [2.05, 4.69) is 10.6 Å². The maximum Gasteiger partial charge on any atom is 0.338 e. The minimum atomic E-state index is -1.05. The Morgan fingerprint density at radius 2 is 2.08 bits per heavy atom. The van der Waals surface area contributed by atoms with Crippen LogP contribution in [0.2, 0.25) is 0 Å². The zero-order valence-corrected chi connectivity index (χ0v) is 14.4. The molecule has 1 aromatic rings. The average molecular weight is 356 g/mol. The Bertz CT molecular complexity index is 580. The molecule has 1 aliphatic rings. The van der Waals surface area contributed by atoms with Gasteiger partial charge in [-0.25, -0.2) is 9.59 Å². The summed E-state index contributed by atoms with van der Waals surface area (Å²) in [5.41, 5.74) is 10.9. The van der Waals surface area contributed by atoms with E-state index < -0.39 is 12.0 Å². The summed E-state index contributed by atoms with van der Waals surface area (Å²) in [4.78, 5) is 32.1. The van der Waals surface area contributed by atoms with Gasteiger partial charge in [0.1, 0.15) is 5.00 Å². The molecular formula is C15H24N4O4S. The van der Waals surface area contributed by atoms with E-state index in [1.165, 1.54) is 6.42 Å². The standard InChI is InChI=1S/C8H10N2O3S.C7H14N2O/c1-2-4-3-14-6(10-8(9)13)5(4)7(11)12;8-7(10)6-3-1-2-4-9-5-6/h3H,2H2,1H3,(H,11,12)(H3,9,10,13);6,9H,1-5H2,(H2,8,10)/t;6-/m.0/s1. The number of urea groups is 1. The second-order valence-corrected chi connectivity index (χ2v) is 6.29. The van der Waals surface area contributed by atoms with Gasteiger partial charge in [0.05, 0.1) is 11.5 Å². The van der Waals surface area contributed by atoms with Crippen molar-refractivity contribution >= 4 is 34.2 Å². The van der Waals surface area contributed by atoms with E-state index in [0.29, 0.717) is 17.0 Å². The predicted molar refractivity (Wildman–Crippen MR) is 93.3 cm³/mol. The summed E-state index contributed by atoms with van der Waals surface area (Å²) in [6.07, 6.45) is 3.87. The maximum absolute atomic E-state index is 10.9. The smallest absolute Gasteiger partial charge is 0.338 e. The molecule has 7 N–H and O–H groups in total. The fraction of sp³-hybridized carbons (Fsp3) is 0.533. The van der Waals surface area contributed by atoms with Crippen LogP contribution in [-0.2, 0) is 11.2 Å². The molecule has 8 nitrogen and oxygen atoms in total. The van der Waals surface area contributed by atoms with Crippen LogP contribution in [0, 0.1) is 5.92 Å². The average Bonchev–Trinajstić information content (AvgIpc) is 2.72. The summed E-state index contributed by atoms with van der Waals surface area (Å²) >= 11 is 1.16. The van der Waals surface area contributed by atoms with E-state index in [0.717, 1.165) is 37.3 Å². The first kappa shape index (κ1) is 19.9. The molecule has 0 aliphatic carbocycles. The number of nitrogens with two attached hydrogens (primary N) is 2. The molecule has 2 rings (SSSR count). The van der Waals surface area contributed by atoms with Crippen LogP contribution in [0.1, 0.15) is 42.1 Å². The summed E-state index contributed by atoms with van der Waals surface area (Å²) in [7, 11) is 0. The molecule has 1 aromatic heterocycles. The van der Waals surface area contributed by atoms with Crippen molar-refractivity contribution < 1.29 is 19.5 Å². The van der Waals surface area contributed by atoms with E-state index in [-0.39, 0.29) is 17.4 Å². The minimum absolute atomic E-state index is 0.0718. The number of aryl methyl sites for hydroxylation is 1. The van der Waals surface area contributed by atoms with Crippen molar-refractivity contribution in [3.63, 3.8) is 0 Å². The molecule has 0 unspecified atom stereocenters. The number of carboxylic acid groups (broad SMARTS) is 1. The van der Waals surface area contributed by atoms with Crippen molar-refractivity contribution in [3.8, 4) is 0 Å². The second kappa shape index (κ2) is 9.89. The second-order valence-electron chi connectivity index (χ2n) is 5.41. The van der Waals surface area contributed by atoms with E-state index in [1.807, 2.05) is 6.92 Å². The Hall–Kier alpha value is -2.13. The molecule has 134 valence electrons. The Labute approximate surface area is 144 Å². The topological polar surface area (TPSA) is 148 Å². The third kappa shape index (κ3) is 6.17. The van der Waals surface area contributed by atoms with Gasteiger partial charge in [0.2, 0.25) is 5.91 Å². The first-order valence-corrected chi connectivity index (χ1v) is 8.64. The van der Waals surface area contributed by atoms with Gasteiger partial charge in [-0.1, -0.05) is 13.3 Å². The predicted octanol–water partition coefficient (Wildman–Crippen LogP) is 1.36. The lowest BCUT2D eigenvalue weighted by atomic mass is 10.0. The molecule has 1 aliphatic heterocycles. The van der Waals surface area contributed by atoms with Gasteiger partial charge in [-0.2, -0.15) is 0 Å². The molecule has 0 spiro atoms. The molecule has 3 amide bonds. The Morgan fingerprint density at radius 1 is 1.38 bits per heavy atom. The Morgan fingerprint density at radius 3 is 2.62 bits per heavy atom. The molecule has 0 aromatic carbocycles. The summed E-state index contributed by atoms with van der Waals surface area (Å²) in [5, 5.41) is 16.4. The number of rotatable bonds is 4. The van der Waals surface area contributed by atoms with Gasteiger partial charge in [-0.05, 0) is 36.8 Å². The molecular weight excluding hydrogens is 332 g/mol. The van der Waals surface area contributed by atoms with E-state index in [4.69, 9.17) is 16.6 Å². The number of aromatic carboxylic acids is 1. The molecule has 0 bridgehead atoms. The fourth-order valence-electron chi connectivity index (χ4n) is 2.35. The SMILES string of the molecule is CCc1csc(NC(N)=O)c1C(=O)O.NC(=O)[C@H]1CCCCNC1. The lowest BCUT2D eigenvalue weighted by molar-refractivity contribution is -0.121. The number of carboxylic acids is 1. The van der Waals surface area contributed by atoms with Gasteiger partial charge in [0, 0.05) is 6.54 Å². The number of nitrogens with one attached hydrogen (secondary N) is 2. The van der Waals surface area contributed by atoms with Gasteiger partial charge < -0.3 is 21.9 Å². The number of hydrogen-bond acceptors (Lipinski definition) is 5. The highest BCUT2D eigenvalue weighted by Gasteiger charge is 2.18. The van der Waals surface area contributed by atoms with Crippen LogP contribution < -0.4 is 22.1 Å². The normalized spacial score (nSPS) is 17.1. The van der Waals surface area contributed by atoms with Crippen LogP contribution in [0.3, 0.4) is 0 Å². The zero-order valence-electron chi connectivity index (χ0n) is 13.6. The lowest BCUT2D eigenvalue weighted by Crippen LogP contribution is -2.31. The van der Waals surface area contributed by atoms with Crippen LogP contribution >= 0.6 is 11.3 Å². The Kier molecular flexibility index (Phi) is 8.20. The van der Waals surface area contributed by atoms with Crippen molar-refractivity contribution in [1.82, 2.24) is 5.32 Å². The molecule has 2 heterocycles. The molecule has 0 radical (unpaired) electrons. The third-order valence-corrected chi connectivity index (χ3v) is 4.59. The number of primary amides is 2. The molecule has 24 heavy (non-hydrogen) atoms. The first-order valence-electron chi connectivity index (χ1n) is 7.76. The van der Waals surface area contributed by atoms with Gasteiger partial charge >= 0.3 is 12.0 Å². The summed E-state index contributed by atoms with van der Waals surface area (Å²) in [6.45, 7) is 3.65. The highest BCUT2D eigenvalue weighted by atomic mass is 32.1. The van der Waals surface area contributed by atoms with Gasteiger partial charge in [-0.3, -0.25) is 10.1 Å². The number of anilines is 1. The number of hydrogen-bond donors (Lipinski definition) is 5. The maximum atomic E-state index is 10.9. The van der Waals surface area contributed by atoms with Crippen molar-refractivity contribution in [3.05, 3.63) is 16.5 Å². The van der Waals surface area contributed by atoms with Crippen LogP contribution in [0.15, 0.2) is 5.38 Å². The van der Waals surface area contributed by atoms with Crippen molar-refractivity contribution in [2.24, 2.45) is 17.4 Å². The van der Waals surface area contributed by atoms with Gasteiger partial charge in [0.15, 0.2) is 0 Å². The Balaban J connectivity index is 0.000000254. The monoisotopic (exact) mass is 356 g/mol. The summed E-state index contributed by atoms with van der Waals surface area (Å²) in [6, 6.07) is -0.753. The van der Waals surface area contributed by atoms with Crippen LogP contribution in [0.5, 0.6) is 0 Å². The highest BCUT2D eigenvalue weighted by molar-refractivity contribution is 7.15. The van der Waals surface area contributed by atoms with Crippen LogP contribution in [-0.4, -0.2) is 36.1 Å². The minimum Gasteiger partial charge on any atom is -0.478 e. The molecule has 1 saturated heterocycles. The third-order valence-electron chi connectivity index (χ3n) is 3.65. The number of carbonyl (C=O) groups is 3. The number of amides is 3. The first-order chi connectivity index (χ1) is 11.4. The quantitative estimate of drug-likeness (QED) is 0.552.